The van der Waals surface area contributed by atoms with E-state index in [9.17, 15) is 4.79 Å². The van der Waals surface area contributed by atoms with Crippen LogP contribution in [0.1, 0.15) is 31.1 Å². The van der Waals surface area contributed by atoms with Crippen molar-refractivity contribution >= 4 is 11.6 Å². The number of benzene rings is 1. The molecule has 0 radical (unpaired) electrons. The molecule has 0 saturated carbocycles. The molecule has 1 rings (SSSR count). The van der Waals surface area contributed by atoms with Gasteiger partial charge in [0.05, 0.1) is 13.2 Å². The average molecular weight is 280 g/mol. The Morgan fingerprint density at radius 2 is 2.10 bits per heavy atom. The Hall–Kier alpha value is -1.75. The van der Waals surface area contributed by atoms with E-state index in [-0.39, 0.29) is 5.91 Å². The lowest BCUT2D eigenvalue weighted by Gasteiger charge is -2.10. The maximum atomic E-state index is 12.0. The second-order valence-corrected chi connectivity index (χ2v) is 4.95. The van der Waals surface area contributed by atoms with Crippen LogP contribution in [0.2, 0.25) is 0 Å². The molecule has 0 unspecified atom stereocenters. The number of carbonyl (C=O) groups excluding carboxylic acids is 1. The van der Waals surface area contributed by atoms with Gasteiger partial charge >= 0.3 is 0 Å². The number of nitrogens with two attached hydrogens (primary N) is 1. The zero-order chi connectivity index (χ0) is 15.0. The van der Waals surface area contributed by atoms with Gasteiger partial charge in [0.25, 0.3) is 5.91 Å². The largest absolute Gasteiger partial charge is 0.494 e. The van der Waals surface area contributed by atoms with Crippen molar-refractivity contribution in [2.75, 3.05) is 32.1 Å². The summed E-state index contributed by atoms with van der Waals surface area (Å²) in [6, 6.07) is 5.02. The molecule has 20 heavy (non-hydrogen) atoms. The maximum absolute atomic E-state index is 12.0. The molecule has 1 aromatic rings. The number of hydrogen-bond acceptors (Lipinski definition) is 4. The third kappa shape index (κ3) is 5.93. The smallest absolute Gasteiger partial charge is 0.251 e. The number of amides is 1. The number of hydrogen-bond donors (Lipinski definition) is 2. The first-order valence-electron chi connectivity index (χ1n) is 6.92. The number of rotatable bonds is 8. The monoisotopic (exact) mass is 280 g/mol. The lowest BCUT2D eigenvalue weighted by Crippen LogP contribution is -2.27. The Labute approximate surface area is 120 Å². The minimum Gasteiger partial charge on any atom is -0.494 e. The van der Waals surface area contributed by atoms with Crippen molar-refractivity contribution in [1.82, 2.24) is 5.32 Å². The van der Waals surface area contributed by atoms with Crippen molar-refractivity contribution in [2.24, 2.45) is 5.92 Å². The molecule has 0 aromatic heterocycles. The van der Waals surface area contributed by atoms with Gasteiger partial charge in [0.15, 0.2) is 0 Å². The van der Waals surface area contributed by atoms with Gasteiger partial charge in [-0.1, -0.05) is 13.8 Å². The van der Waals surface area contributed by atoms with Gasteiger partial charge in [0, 0.05) is 30.5 Å². The first-order chi connectivity index (χ1) is 9.52. The van der Waals surface area contributed by atoms with Gasteiger partial charge in [-0.15, -0.1) is 0 Å². The van der Waals surface area contributed by atoms with E-state index in [1.165, 1.54) is 0 Å². The highest BCUT2D eigenvalue weighted by Gasteiger charge is 2.08. The maximum Gasteiger partial charge on any atom is 0.251 e. The fourth-order valence-electron chi connectivity index (χ4n) is 1.66. The van der Waals surface area contributed by atoms with Gasteiger partial charge in [-0.3, -0.25) is 4.79 Å². The van der Waals surface area contributed by atoms with Crippen LogP contribution in [0.15, 0.2) is 18.2 Å². The molecule has 0 aliphatic rings. The summed E-state index contributed by atoms with van der Waals surface area (Å²) in [6.45, 7) is 8.27. The summed E-state index contributed by atoms with van der Waals surface area (Å²) in [4.78, 5) is 12.0. The number of ether oxygens (including phenoxy) is 2. The summed E-state index contributed by atoms with van der Waals surface area (Å²) in [6.07, 6.45) is 0. The van der Waals surface area contributed by atoms with Gasteiger partial charge in [-0.25, -0.2) is 0 Å². The molecule has 1 aromatic carbocycles. The molecule has 5 nitrogen and oxygen atoms in total. The molecule has 3 N–H and O–H groups in total. The predicted octanol–water partition coefficient (Wildman–Crippen LogP) is 2.07. The quantitative estimate of drug-likeness (QED) is 0.565. The van der Waals surface area contributed by atoms with Crippen LogP contribution >= 0.6 is 0 Å². The summed E-state index contributed by atoms with van der Waals surface area (Å²) < 4.78 is 10.8. The molecule has 0 bridgehead atoms. The summed E-state index contributed by atoms with van der Waals surface area (Å²) in [5, 5.41) is 2.79. The number of nitrogen functional groups attached to an aromatic ring is 1. The summed E-state index contributed by atoms with van der Waals surface area (Å²) >= 11 is 0. The molecule has 0 heterocycles. The van der Waals surface area contributed by atoms with Crippen LogP contribution in [0.3, 0.4) is 0 Å². The van der Waals surface area contributed by atoms with Crippen molar-refractivity contribution in [1.29, 1.82) is 0 Å². The van der Waals surface area contributed by atoms with Crippen LogP contribution in [0.5, 0.6) is 5.75 Å². The summed E-state index contributed by atoms with van der Waals surface area (Å²) in [7, 11) is 0. The highest BCUT2D eigenvalue weighted by Crippen LogP contribution is 2.18. The van der Waals surface area contributed by atoms with E-state index in [1.807, 2.05) is 6.92 Å². The number of anilines is 1. The molecular formula is C15H24N2O3. The molecule has 112 valence electrons. The predicted molar refractivity (Wildman–Crippen MR) is 80.0 cm³/mol. The molecular weight excluding hydrogens is 256 g/mol. The van der Waals surface area contributed by atoms with E-state index in [1.54, 1.807) is 18.2 Å². The van der Waals surface area contributed by atoms with Gasteiger partial charge in [0.1, 0.15) is 5.75 Å². The normalized spacial score (nSPS) is 10.6. The van der Waals surface area contributed by atoms with E-state index in [0.29, 0.717) is 49.3 Å². The standard InChI is InChI=1S/C15H24N2O3/c1-4-20-14-8-12(7-13(16)9-14)15(18)17-5-6-19-10-11(2)3/h7-9,11H,4-6,10,16H2,1-3H3,(H,17,18). The lowest BCUT2D eigenvalue weighted by molar-refractivity contribution is 0.0886. The van der Waals surface area contributed by atoms with Gasteiger partial charge in [-0.05, 0) is 25.0 Å². The summed E-state index contributed by atoms with van der Waals surface area (Å²) in [5.41, 5.74) is 6.76. The van der Waals surface area contributed by atoms with Crippen molar-refractivity contribution in [3.8, 4) is 5.75 Å². The topological polar surface area (TPSA) is 73.6 Å². The molecule has 0 spiro atoms. The second-order valence-electron chi connectivity index (χ2n) is 4.95. The zero-order valence-corrected chi connectivity index (χ0v) is 12.4. The Bertz CT molecular complexity index is 433. The first kappa shape index (κ1) is 16.3. The van der Waals surface area contributed by atoms with Crippen LogP contribution < -0.4 is 15.8 Å². The molecule has 5 heteroatoms. The van der Waals surface area contributed by atoms with Crippen LogP contribution in [-0.4, -0.2) is 32.3 Å². The Morgan fingerprint density at radius 1 is 1.35 bits per heavy atom. The van der Waals surface area contributed by atoms with Crippen LogP contribution in [0, 0.1) is 5.92 Å². The summed E-state index contributed by atoms with van der Waals surface area (Å²) in [5.74, 6) is 0.925. The molecule has 0 aliphatic carbocycles. The van der Waals surface area contributed by atoms with Crippen molar-refractivity contribution in [3.05, 3.63) is 23.8 Å². The Morgan fingerprint density at radius 3 is 2.75 bits per heavy atom. The van der Waals surface area contributed by atoms with E-state index >= 15 is 0 Å². The van der Waals surface area contributed by atoms with Gasteiger partial charge in [-0.2, -0.15) is 0 Å². The molecule has 0 aliphatic heterocycles. The fraction of sp³-hybridized carbons (Fsp3) is 0.533. The first-order valence-corrected chi connectivity index (χ1v) is 6.92. The van der Waals surface area contributed by atoms with E-state index in [0.717, 1.165) is 0 Å². The third-order valence-electron chi connectivity index (χ3n) is 2.49. The molecule has 0 saturated heterocycles. The second kappa shape index (κ2) is 8.43. The van der Waals surface area contributed by atoms with E-state index in [4.69, 9.17) is 15.2 Å². The SMILES string of the molecule is CCOc1cc(N)cc(C(=O)NCCOCC(C)C)c1. The van der Waals surface area contributed by atoms with Crippen molar-refractivity contribution in [2.45, 2.75) is 20.8 Å². The highest BCUT2D eigenvalue weighted by molar-refractivity contribution is 5.95. The molecule has 0 atom stereocenters. The molecule has 0 fully saturated rings. The third-order valence-corrected chi connectivity index (χ3v) is 2.49. The van der Waals surface area contributed by atoms with E-state index < -0.39 is 0 Å². The Balaban J connectivity index is 2.46. The van der Waals surface area contributed by atoms with Crippen LogP contribution in [0.4, 0.5) is 5.69 Å². The average Bonchev–Trinajstić information content (AvgIpc) is 2.37. The Kier molecular flexibility index (Phi) is 6.87. The van der Waals surface area contributed by atoms with Gasteiger partial charge in [0.2, 0.25) is 0 Å². The van der Waals surface area contributed by atoms with Crippen molar-refractivity contribution in [3.63, 3.8) is 0 Å². The van der Waals surface area contributed by atoms with Crippen molar-refractivity contribution < 1.29 is 14.3 Å². The number of nitrogens with one attached hydrogen (secondary N) is 1. The number of carbonyl (C=O) groups is 1. The minimum absolute atomic E-state index is 0.175. The highest BCUT2D eigenvalue weighted by atomic mass is 16.5. The zero-order valence-electron chi connectivity index (χ0n) is 12.4. The minimum atomic E-state index is -0.175. The van der Waals surface area contributed by atoms with Crippen LogP contribution in [-0.2, 0) is 4.74 Å². The van der Waals surface area contributed by atoms with Crippen LogP contribution in [0.25, 0.3) is 0 Å². The molecule has 1 amide bonds. The fourth-order valence-corrected chi connectivity index (χ4v) is 1.66. The van der Waals surface area contributed by atoms with Gasteiger partial charge < -0.3 is 20.5 Å². The lowest BCUT2D eigenvalue weighted by atomic mass is 10.1. The van der Waals surface area contributed by atoms with E-state index in [2.05, 4.69) is 19.2 Å².